The predicted molar refractivity (Wildman–Crippen MR) is 49.6 cm³/mol. The molecule has 72 valence electrons. The number of carbonyl (C=O) groups is 1. The molecular formula is C9H14N2O2. The summed E-state index contributed by atoms with van der Waals surface area (Å²) in [6.07, 6.45) is 6.24. The van der Waals surface area contributed by atoms with Gasteiger partial charge in [0.05, 0.1) is 6.61 Å². The molecule has 0 saturated heterocycles. The zero-order chi connectivity index (χ0) is 9.52. The van der Waals surface area contributed by atoms with E-state index in [-0.39, 0.29) is 5.91 Å². The first-order valence-electron chi connectivity index (χ1n) is 4.36. The average Bonchev–Trinajstić information content (AvgIpc) is 2.19. The molecule has 1 rings (SSSR count). The Balaban J connectivity index is 2.30. The van der Waals surface area contributed by atoms with Crippen LogP contribution >= 0.6 is 0 Å². The molecule has 0 aromatic rings. The van der Waals surface area contributed by atoms with Crippen LogP contribution in [0.5, 0.6) is 0 Å². The standard InChI is InChI=1S/C9H14N2O2/c1-2-6-13-11-9(12)8-4-3-5-10-7-8/h3-5,10H,2,6-7H2,1H3,(H,11,12). The topological polar surface area (TPSA) is 50.4 Å². The lowest BCUT2D eigenvalue weighted by Gasteiger charge is -2.10. The normalized spacial score (nSPS) is 14.7. The van der Waals surface area contributed by atoms with Crippen LogP contribution in [0, 0.1) is 0 Å². The highest BCUT2D eigenvalue weighted by Gasteiger charge is 2.08. The molecule has 0 aromatic carbocycles. The van der Waals surface area contributed by atoms with Crippen molar-refractivity contribution >= 4 is 5.91 Å². The van der Waals surface area contributed by atoms with Gasteiger partial charge >= 0.3 is 0 Å². The number of hydrogen-bond donors (Lipinski definition) is 2. The predicted octanol–water partition coefficient (Wildman–Crippen LogP) is 0.487. The van der Waals surface area contributed by atoms with Gasteiger partial charge in [-0.05, 0) is 18.7 Å². The number of allylic oxidation sites excluding steroid dienone is 2. The van der Waals surface area contributed by atoms with Gasteiger partial charge in [0, 0.05) is 12.1 Å². The maximum atomic E-state index is 11.3. The van der Waals surface area contributed by atoms with Crippen molar-refractivity contribution in [2.45, 2.75) is 13.3 Å². The second-order valence-electron chi connectivity index (χ2n) is 2.71. The number of dihydropyridines is 1. The van der Waals surface area contributed by atoms with Crippen molar-refractivity contribution in [2.24, 2.45) is 0 Å². The van der Waals surface area contributed by atoms with E-state index in [1.54, 1.807) is 18.4 Å². The molecule has 0 aromatic heterocycles. The first-order valence-corrected chi connectivity index (χ1v) is 4.36. The van der Waals surface area contributed by atoms with Gasteiger partial charge in [-0.25, -0.2) is 5.48 Å². The fraction of sp³-hybridized carbons (Fsp3) is 0.444. The van der Waals surface area contributed by atoms with Gasteiger partial charge in [0.25, 0.3) is 5.91 Å². The minimum absolute atomic E-state index is 0.176. The van der Waals surface area contributed by atoms with Crippen molar-refractivity contribution in [3.63, 3.8) is 0 Å². The largest absolute Gasteiger partial charge is 0.387 e. The number of hydroxylamine groups is 1. The van der Waals surface area contributed by atoms with Gasteiger partial charge in [-0.1, -0.05) is 13.0 Å². The summed E-state index contributed by atoms with van der Waals surface area (Å²) in [4.78, 5) is 16.2. The smallest absolute Gasteiger partial charge is 0.272 e. The van der Waals surface area contributed by atoms with E-state index in [0.717, 1.165) is 6.42 Å². The highest BCUT2D eigenvalue weighted by atomic mass is 16.6. The van der Waals surface area contributed by atoms with E-state index in [1.165, 1.54) is 0 Å². The molecule has 0 atom stereocenters. The van der Waals surface area contributed by atoms with E-state index >= 15 is 0 Å². The van der Waals surface area contributed by atoms with Crippen LogP contribution in [0.4, 0.5) is 0 Å². The summed E-state index contributed by atoms with van der Waals surface area (Å²) in [6.45, 7) is 3.08. The molecule has 1 heterocycles. The summed E-state index contributed by atoms with van der Waals surface area (Å²) in [5, 5.41) is 2.94. The van der Waals surface area contributed by atoms with Crippen LogP contribution in [0.3, 0.4) is 0 Å². The second kappa shape index (κ2) is 5.37. The van der Waals surface area contributed by atoms with E-state index in [4.69, 9.17) is 4.84 Å². The highest BCUT2D eigenvalue weighted by molar-refractivity contribution is 5.93. The first-order chi connectivity index (χ1) is 6.34. The Morgan fingerprint density at radius 2 is 2.62 bits per heavy atom. The van der Waals surface area contributed by atoms with Crippen LogP contribution in [0.2, 0.25) is 0 Å². The molecule has 1 aliphatic rings. The molecule has 0 spiro atoms. The van der Waals surface area contributed by atoms with Gasteiger partial charge in [0.1, 0.15) is 0 Å². The number of nitrogens with one attached hydrogen (secondary N) is 2. The Bertz CT molecular complexity index is 234. The number of hydrogen-bond acceptors (Lipinski definition) is 3. The fourth-order valence-corrected chi connectivity index (χ4v) is 0.900. The third-order valence-corrected chi connectivity index (χ3v) is 1.57. The minimum Gasteiger partial charge on any atom is -0.387 e. The van der Waals surface area contributed by atoms with Gasteiger partial charge in [-0.15, -0.1) is 0 Å². The molecular weight excluding hydrogens is 168 g/mol. The number of amides is 1. The molecule has 4 nitrogen and oxygen atoms in total. The lowest BCUT2D eigenvalue weighted by molar-refractivity contribution is -0.129. The van der Waals surface area contributed by atoms with Crippen LogP contribution in [0.25, 0.3) is 0 Å². The summed E-state index contributed by atoms with van der Waals surface area (Å²) in [7, 11) is 0. The zero-order valence-corrected chi connectivity index (χ0v) is 7.67. The molecule has 1 aliphatic heterocycles. The summed E-state index contributed by atoms with van der Waals surface area (Å²) >= 11 is 0. The molecule has 0 unspecified atom stereocenters. The van der Waals surface area contributed by atoms with Crippen LogP contribution in [-0.4, -0.2) is 19.1 Å². The summed E-state index contributed by atoms with van der Waals surface area (Å²) < 4.78 is 0. The molecule has 0 radical (unpaired) electrons. The number of rotatable bonds is 4. The number of carbonyl (C=O) groups excluding carboxylic acids is 1. The van der Waals surface area contributed by atoms with Crippen molar-refractivity contribution in [3.8, 4) is 0 Å². The average molecular weight is 182 g/mol. The van der Waals surface area contributed by atoms with Crippen LogP contribution in [-0.2, 0) is 9.63 Å². The molecule has 0 fully saturated rings. The van der Waals surface area contributed by atoms with Crippen molar-refractivity contribution < 1.29 is 9.63 Å². The summed E-state index contributed by atoms with van der Waals surface area (Å²) in [6, 6.07) is 0. The van der Waals surface area contributed by atoms with Gasteiger partial charge < -0.3 is 5.32 Å². The molecule has 0 aliphatic carbocycles. The monoisotopic (exact) mass is 182 g/mol. The molecule has 4 heteroatoms. The Labute approximate surface area is 77.6 Å². The molecule has 2 N–H and O–H groups in total. The Morgan fingerprint density at radius 1 is 1.77 bits per heavy atom. The van der Waals surface area contributed by atoms with Crippen molar-refractivity contribution in [3.05, 3.63) is 23.9 Å². The van der Waals surface area contributed by atoms with Crippen LogP contribution in [0.15, 0.2) is 23.9 Å². The summed E-state index contributed by atoms with van der Waals surface area (Å²) in [5.74, 6) is -0.176. The molecule has 0 bridgehead atoms. The lowest BCUT2D eigenvalue weighted by Crippen LogP contribution is -2.30. The van der Waals surface area contributed by atoms with Crippen LogP contribution < -0.4 is 10.8 Å². The molecule has 0 saturated carbocycles. The zero-order valence-electron chi connectivity index (χ0n) is 7.67. The quantitative estimate of drug-likeness (QED) is 0.491. The molecule has 13 heavy (non-hydrogen) atoms. The van der Waals surface area contributed by atoms with E-state index in [2.05, 4.69) is 10.8 Å². The summed E-state index contributed by atoms with van der Waals surface area (Å²) in [5.41, 5.74) is 3.05. The lowest BCUT2D eigenvalue weighted by atomic mass is 10.2. The van der Waals surface area contributed by atoms with Gasteiger partial charge in [-0.2, -0.15) is 0 Å². The van der Waals surface area contributed by atoms with E-state index in [1.807, 2.05) is 6.92 Å². The van der Waals surface area contributed by atoms with Crippen molar-refractivity contribution in [1.29, 1.82) is 0 Å². The Morgan fingerprint density at radius 3 is 3.23 bits per heavy atom. The van der Waals surface area contributed by atoms with E-state index in [9.17, 15) is 4.79 Å². The first kappa shape index (κ1) is 9.80. The van der Waals surface area contributed by atoms with E-state index in [0.29, 0.717) is 18.7 Å². The third kappa shape index (κ3) is 3.29. The van der Waals surface area contributed by atoms with Crippen molar-refractivity contribution in [1.82, 2.24) is 10.8 Å². The van der Waals surface area contributed by atoms with Gasteiger partial charge in [0.15, 0.2) is 0 Å². The van der Waals surface area contributed by atoms with Gasteiger partial charge in [-0.3, -0.25) is 9.63 Å². The third-order valence-electron chi connectivity index (χ3n) is 1.57. The van der Waals surface area contributed by atoms with Crippen molar-refractivity contribution in [2.75, 3.05) is 13.2 Å². The Hall–Kier alpha value is -1.29. The second-order valence-corrected chi connectivity index (χ2v) is 2.71. The fourth-order valence-electron chi connectivity index (χ4n) is 0.900. The SMILES string of the molecule is CCCONC(=O)C1=CC=CNC1. The molecule has 1 amide bonds. The minimum atomic E-state index is -0.176. The van der Waals surface area contributed by atoms with Crippen LogP contribution in [0.1, 0.15) is 13.3 Å². The van der Waals surface area contributed by atoms with E-state index < -0.39 is 0 Å². The maximum absolute atomic E-state index is 11.3. The Kier molecular flexibility index (Phi) is 4.05. The maximum Gasteiger partial charge on any atom is 0.272 e. The van der Waals surface area contributed by atoms with Gasteiger partial charge in [0.2, 0.25) is 0 Å². The highest BCUT2D eigenvalue weighted by Crippen LogP contribution is 1.97.